The molecule has 0 aromatic heterocycles. The second-order valence-electron chi connectivity index (χ2n) is 12.5. The van der Waals surface area contributed by atoms with Crippen LogP contribution in [0.4, 0.5) is 0 Å². The topological polar surface area (TPSA) is 36.9 Å². The van der Waals surface area contributed by atoms with Gasteiger partial charge in [0.2, 0.25) is 0 Å². The summed E-state index contributed by atoms with van der Waals surface area (Å²) in [5, 5.41) is 4.89. The number of ether oxygens (including phenoxy) is 4. The minimum Gasteiger partial charge on any atom is -0.467 e. The first-order valence-corrected chi connectivity index (χ1v) is 13.2. The van der Waals surface area contributed by atoms with Crippen LogP contribution in [-0.2, 0) is 39.9 Å². The molecule has 0 radical (unpaired) electrons. The maximum absolute atomic E-state index is 6.16. The van der Waals surface area contributed by atoms with Crippen molar-refractivity contribution in [1.82, 2.24) is 0 Å². The Morgan fingerprint density at radius 3 is 1.43 bits per heavy atom. The van der Waals surface area contributed by atoms with E-state index in [0.29, 0.717) is 19.6 Å². The third kappa shape index (κ3) is 4.36. The summed E-state index contributed by atoms with van der Waals surface area (Å²) in [4.78, 5) is 0. The quantitative estimate of drug-likeness (QED) is 0.283. The molecule has 0 N–H and O–H groups in total. The van der Waals surface area contributed by atoms with E-state index in [2.05, 4.69) is 90.1 Å². The van der Waals surface area contributed by atoms with E-state index >= 15 is 0 Å². The van der Waals surface area contributed by atoms with E-state index in [1.807, 2.05) is 0 Å². The molecule has 4 aromatic carbocycles. The molecule has 4 aromatic rings. The zero-order valence-electron chi connectivity index (χ0n) is 22.8. The van der Waals surface area contributed by atoms with E-state index < -0.39 is 0 Å². The van der Waals surface area contributed by atoms with Crippen LogP contribution in [0.2, 0.25) is 0 Å². The van der Waals surface area contributed by atoms with Crippen molar-refractivity contribution in [2.45, 2.75) is 72.0 Å². The number of rotatable bonds is 2. The standard InChI is InChI=1S/C33H36O4/c1-32(2,3)24-7-9-26-20(13-24)11-22-16-34-18-36-30(22)28(26)15-29-27-10-8-25(33(4,5)6)14-21(27)12-23-17-35-19-37-31(23)29/h7-14H,15-19H2,1-6H3. The van der Waals surface area contributed by atoms with Crippen molar-refractivity contribution >= 4 is 21.5 Å². The van der Waals surface area contributed by atoms with Crippen LogP contribution in [-0.4, -0.2) is 13.6 Å². The molecule has 2 heterocycles. The lowest BCUT2D eigenvalue weighted by molar-refractivity contribution is -0.0174. The molecule has 2 aliphatic heterocycles. The van der Waals surface area contributed by atoms with Crippen LogP contribution in [0.5, 0.6) is 11.5 Å². The van der Waals surface area contributed by atoms with Gasteiger partial charge in [0.15, 0.2) is 13.6 Å². The monoisotopic (exact) mass is 496 g/mol. The molecule has 0 atom stereocenters. The van der Waals surface area contributed by atoms with Gasteiger partial charge in [-0.25, -0.2) is 0 Å². The van der Waals surface area contributed by atoms with Crippen molar-refractivity contribution in [3.63, 3.8) is 0 Å². The summed E-state index contributed by atoms with van der Waals surface area (Å²) >= 11 is 0. The summed E-state index contributed by atoms with van der Waals surface area (Å²) in [6.07, 6.45) is 0.711. The summed E-state index contributed by atoms with van der Waals surface area (Å²) in [6.45, 7) is 15.2. The van der Waals surface area contributed by atoms with Gasteiger partial charge in [0.1, 0.15) is 11.5 Å². The third-order valence-electron chi connectivity index (χ3n) is 7.72. The minimum atomic E-state index is 0.0740. The Labute approximate surface area is 219 Å². The number of hydrogen-bond acceptors (Lipinski definition) is 4. The molecule has 2 aliphatic rings. The van der Waals surface area contributed by atoms with Crippen LogP contribution in [0.25, 0.3) is 21.5 Å². The predicted molar refractivity (Wildman–Crippen MR) is 149 cm³/mol. The van der Waals surface area contributed by atoms with Gasteiger partial charge < -0.3 is 18.9 Å². The fraction of sp³-hybridized carbons (Fsp3) is 0.394. The molecule has 4 heteroatoms. The normalized spacial score (nSPS) is 15.7. The summed E-state index contributed by atoms with van der Waals surface area (Å²) in [5.74, 6) is 1.90. The number of benzene rings is 4. The highest BCUT2D eigenvalue weighted by Crippen LogP contribution is 2.43. The first-order valence-electron chi connectivity index (χ1n) is 13.2. The first-order chi connectivity index (χ1) is 17.6. The fourth-order valence-corrected chi connectivity index (χ4v) is 5.59. The molecule has 192 valence electrons. The van der Waals surface area contributed by atoms with Crippen molar-refractivity contribution in [3.8, 4) is 11.5 Å². The van der Waals surface area contributed by atoms with E-state index in [-0.39, 0.29) is 24.4 Å². The lowest BCUT2D eigenvalue weighted by atomic mass is 9.83. The Morgan fingerprint density at radius 2 is 1.03 bits per heavy atom. The van der Waals surface area contributed by atoms with Gasteiger partial charge >= 0.3 is 0 Å². The molecule has 0 spiro atoms. The molecule has 0 aliphatic carbocycles. The molecule has 6 rings (SSSR count). The molecule has 0 amide bonds. The van der Waals surface area contributed by atoms with Crippen LogP contribution in [0.1, 0.15) is 74.9 Å². The zero-order chi connectivity index (χ0) is 25.9. The second-order valence-corrected chi connectivity index (χ2v) is 12.5. The predicted octanol–water partition coefficient (Wildman–Crippen LogP) is 7.91. The fourth-order valence-electron chi connectivity index (χ4n) is 5.59. The smallest absolute Gasteiger partial charge is 0.189 e. The van der Waals surface area contributed by atoms with Crippen LogP contribution in [0.3, 0.4) is 0 Å². The largest absolute Gasteiger partial charge is 0.467 e. The Balaban J connectivity index is 1.59. The van der Waals surface area contributed by atoms with Gasteiger partial charge in [-0.1, -0.05) is 77.9 Å². The Bertz CT molecular complexity index is 1400. The van der Waals surface area contributed by atoms with Gasteiger partial charge in [-0.05, 0) is 55.6 Å². The lowest BCUT2D eigenvalue weighted by Crippen LogP contribution is -2.16. The number of hydrogen-bond donors (Lipinski definition) is 0. The third-order valence-corrected chi connectivity index (χ3v) is 7.72. The van der Waals surface area contributed by atoms with Gasteiger partial charge in [0, 0.05) is 28.7 Å². The molecule has 0 bridgehead atoms. The summed E-state index contributed by atoms with van der Waals surface area (Å²) in [6, 6.07) is 18.2. The molecule has 4 nitrogen and oxygen atoms in total. The summed E-state index contributed by atoms with van der Waals surface area (Å²) < 4.78 is 23.7. The van der Waals surface area contributed by atoms with E-state index in [1.165, 1.54) is 43.8 Å². The second kappa shape index (κ2) is 8.75. The van der Waals surface area contributed by atoms with Gasteiger partial charge in [0.25, 0.3) is 0 Å². The van der Waals surface area contributed by atoms with Crippen molar-refractivity contribution < 1.29 is 18.9 Å². The van der Waals surface area contributed by atoms with E-state index in [9.17, 15) is 0 Å². The average molecular weight is 497 g/mol. The van der Waals surface area contributed by atoms with Crippen LogP contribution >= 0.6 is 0 Å². The molecular weight excluding hydrogens is 460 g/mol. The van der Waals surface area contributed by atoms with Crippen molar-refractivity contribution in [3.05, 3.63) is 81.9 Å². The lowest BCUT2D eigenvalue weighted by Gasteiger charge is -2.27. The molecule has 0 fully saturated rings. The van der Waals surface area contributed by atoms with Gasteiger partial charge in [-0.15, -0.1) is 0 Å². The molecule has 0 saturated carbocycles. The van der Waals surface area contributed by atoms with E-state index in [1.54, 1.807) is 0 Å². The van der Waals surface area contributed by atoms with Gasteiger partial charge in [0.05, 0.1) is 13.2 Å². The highest BCUT2D eigenvalue weighted by atomic mass is 16.7. The van der Waals surface area contributed by atoms with Gasteiger partial charge in [-0.2, -0.15) is 0 Å². The van der Waals surface area contributed by atoms with Crippen LogP contribution < -0.4 is 9.47 Å². The molecule has 37 heavy (non-hydrogen) atoms. The maximum Gasteiger partial charge on any atom is 0.189 e. The minimum absolute atomic E-state index is 0.0740. The van der Waals surface area contributed by atoms with Crippen LogP contribution in [0, 0.1) is 0 Å². The summed E-state index contributed by atoms with van der Waals surface area (Å²) in [7, 11) is 0. The van der Waals surface area contributed by atoms with Crippen molar-refractivity contribution in [2.75, 3.05) is 13.6 Å². The highest BCUT2D eigenvalue weighted by molar-refractivity contribution is 5.93. The molecule has 0 unspecified atom stereocenters. The Hall–Kier alpha value is -3.08. The highest BCUT2D eigenvalue weighted by Gasteiger charge is 2.25. The maximum atomic E-state index is 6.16. The average Bonchev–Trinajstić information content (AvgIpc) is 2.86. The van der Waals surface area contributed by atoms with Crippen molar-refractivity contribution in [2.24, 2.45) is 0 Å². The SMILES string of the molecule is CC(C)(C)c1ccc2c(Cc3c4c(cc5cc(C(C)(C)C)ccc35)COCO4)c3c(cc2c1)COCO3. The van der Waals surface area contributed by atoms with E-state index in [0.717, 1.165) is 22.6 Å². The molecule has 0 saturated heterocycles. The number of fused-ring (bicyclic) bond motifs is 4. The van der Waals surface area contributed by atoms with E-state index in [4.69, 9.17) is 18.9 Å². The van der Waals surface area contributed by atoms with Crippen LogP contribution in [0.15, 0.2) is 48.5 Å². The Kier molecular flexibility index (Phi) is 5.74. The molecular formula is C33H36O4. The van der Waals surface area contributed by atoms with Crippen molar-refractivity contribution in [1.29, 1.82) is 0 Å². The summed E-state index contributed by atoms with van der Waals surface area (Å²) in [5.41, 5.74) is 7.39. The van der Waals surface area contributed by atoms with Gasteiger partial charge in [-0.3, -0.25) is 0 Å². The first kappa shape index (κ1) is 24.3. The Morgan fingerprint density at radius 1 is 0.595 bits per heavy atom. The zero-order valence-corrected chi connectivity index (χ0v) is 22.8.